The van der Waals surface area contributed by atoms with E-state index in [2.05, 4.69) is 20.9 Å². The molecule has 25 heavy (non-hydrogen) atoms. The van der Waals surface area contributed by atoms with Gasteiger partial charge in [-0.05, 0) is 37.6 Å². The van der Waals surface area contributed by atoms with E-state index >= 15 is 0 Å². The molecule has 1 unspecified atom stereocenters. The molecule has 1 atom stereocenters. The van der Waals surface area contributed by atoms with E-state index in [1.165, 1.54) is 5.56 Å². The molecule has 1 saturated heterocycles. The normalized spacial score (nSPS) is 18.3. The smallest absolute Gasteiger partial charge is 0.158 e. The molecule has 0 amide bonds. The third-order valence-electron chi connectivity index (χ3n) is 4.10. The SMILES string of the molecule is Cc1cc(C)nc(C2CN(Cc3cccc(OCCO)c3)CCO2)n1. The van der Waals surface area contributed by atoms with Gasteiger partial charge in [-0.2, -0.15) is 0 Å². The Balaban J connectivity index is 1.65. The highest BCUT2D eigenvalue weighted by molar-refractivity contribution is 5.28. The minimum Gasteiger partial charge on any atom is -0.491 e. The topological polar surface area (TPSA) is 67.7 Å². The van der Waals surface area contributed by atoms with Crippen LogP contribution in [0.4, 0.5) is 0 Å². The predicted octanol–water partition coefficient (Wildman–Crippen LogP) is 2.04. The lowest BCUT2D eigenvalue weighted by Crippen LogP contribution is -2.38. The van der Waals surface area contributed by atoms with Crippen molar-refractivity contribution in [2.75, 3.05) is 32.9 Å². The first-order valence-corrected chi connectivity index (χ1v) is 8.63. The molecule has 1 fully saturated rings. The highest BCUT2D eigenvalue weighted by Crippen LogP contribution is 2.22. The zero-order valence-corrected chi connectivity index (χ0v) is 14.8. The van der Waals surface area contributed by atoms with Gasteiger partial charge in [0, 0.05) is 31.0 Å². The molecule has 1 aliphatic heterocycles. The monoisotopic (exact) mass is 343 g/mol. The Bertz CT molecular complexity index is 688. The fourth-order valence-electron chi connectivity index (χ4n) is 3.05. The van der Waals surface area contributed by atoms with Gasteiger partial charge in [0.05, 0.1) is 13.2 Å². The number of benzene rings is 1. The summed E-state index contributed by atoms with van der Waals surface area (Å²) in [6, 6.07) is 9.97. The summed E-state index contributed by atoms with van der Waals surface area (Å²) in [5.74, 6) is 1.55. The molecule has 134 valence electrons. The van der Waals surface area contributed by atoms with Gasteiger partial charge in [0.2, 0.25) is 0 Å². The van der Waals surface area contributed by atoms with Crippen LogP contribution in [-0.4, -0.2) is 52.9 Å². The van der Waals surface area contributed by atoms with Crippen LogP contribution in [-0.2, 0) is 11.3 Å². The Morgan fingerprint density at radius 3 is 2.80 bits per heavy atom. The van der Waals surface area contributed by atoms with E-state index in [4.69, 9.17) is 14.6 Å². The van der Waals surface area contributed by atoms with E-state index < -0.39 is 0 Å². The van der Waals surface area contributed by atoms with Crippen LogP contribution in [0, 0.1) is 13.8 Å². The summed E-state index contributed by atoms with van der Waals surface area (Å²) in [6.07, 6.45) is -0.0961. The minimum atomic E-state index is -0.0961. The Hall–Kier alpha value is -2.02. The fourth-order valence-corrected chi connectivity index (χ4v) is 3.05. The molecule has 2 heterocycles. The molecule has 6 heteroatoms. The Labute approximate surface area is 148 Å². The van der Waals surface area contributed by atoms with Crippen molar-refractivity contribution in [1.29, 1.82) is 0 Å². The number of hydrogen-bond donors (Lipinski definition) is 1. The molecular weight excluding hydrogens is 318 g/mol. The molecule has 0 bridgehead atoms. The van der Waals surface area contributed by atoms with Gasteiger partial charge < -0.3 is 14.6 Å². The van der Waals surface area contributed by atoms with E-state index in [9.17, 15) is 0 Å². The average Bonchev–Trinajstić information content (AvgIpc) is 2.60. The fraction of sp³-hybridized carbons (Fsp3) is 0.474. The lowest BCUT2D eigenvalue weighted by molar-refractivity contribution is -0.0373. The van der Waals surface area contributed by atoms with E-state index in [0.29, 0.717) is 13.2 Å². The molecule has 0 radical (unpaired) electrons. The Kier molecular flexibility index (Phi) is 5.96. The number of aromatic nitrogens is 2. The van der Waals surface area contributed by atoms with Crippen LogP contribution in [0.2, 0.25) is 0 Å². The number of aryl methyl sites for hydroxylation is 2. The molecule has 6 nitrogen and oxygen atoms in total. The first-order valence-electron chi connectivity index (χ1n) is 8.63. The molecule has 0 saturated carbocycles. The quantitative estimate of drug-likeness (QED) is 0.866. The second-order valence-corrected chi connectivity index (χ2v) is 6.32. The summed E-state index contributed by atoms with van der Waals surface area (Å²) in [5.41, 5.74) is 3.12. The van der Waals surface area contributed by atoms with Crippen LogP contribution in [0.5, 0.6) is 5.75 Å². The summed E-state index contributed by atoms with van der Waals surface area (Å²) in [5, 5.41) is 8.88. The summed E-state index contributed by atoms with van der Waals surface area (Å²) in [4.78, 5) is 11.4. The number of morpholine rings is 1. The lowest BCUT2D eigenvalue weighted by atomic mass is 10.1. The van der Waals surface area contributed by atoms with Gasteiger partial charge in [-0.15, -0.1) is 0 Å². The van der Waals surface area contributed by atoms with E-state index in [0.717, 1.165) is 42.6 Å². The van der Waals surface area contributed by atoms with Crippen LogP contribution >= 0.6 is 0 Å². The molecule has 1 aliphatic rings. The lowest BCUT2D eigenvalue weighted by Gasteiger charge is -2.32. The van der Waals surface area contributed by atoms with Crippen LogP contribution in [0.25, 0.3) is 0 Å². The van der Waals surface area contributed by atoms with Gasteiger partial charge in [-0.1, -0.05) is 12.1 Å². The van der Waals surface area contributed by atoms with Crippen molar-refractivity contribution in [1.82, 2.24) is 14.9 Å². The largest absolute Gasteiger partial charge is 0.491 e. The zero-order chi connectivity index (χ0) is 17.6. The number of ether oxygens (including phenoxy) is 2. The second kappa shape index (κ2) is 8.38. The highest BCUT2D eigenvalue weighted by Gasteiger charge is 2.24. The average molecular weight is 343 g/mol. The third kappa shape index (κ3) is 4.98. The van der Waals surface area contributed by atoms with Gasteiger partial charge in [0.25, 0.3) is 0 Å². The maximum absolute atomic E-state index is 8.88. The van der Waals surface area contributed by atoms with Gasteiger partial charge in [-0.25, -0.2) is 9.97 Å². The summed E-state index contributed by atoms with van der Waals surface area (Å²) < 4.78 is 11.4. The van der Waals surface area contributed by atoms with Crippen molar-refractivity contribution in [3.63, 3.8) is 0 Å². The van der Waals surface area contributed by atoms with Crippen molar-refractivity contribution >= 4 is 0 Å². The number of rotatable bonds is 6. The van der Waals surface area contributed by atoms with Gasteiger partial charge in [0.1, 0.15) is 18.5 Å². The van der Waals surface area contributed by atoms with Crippen molar-refractivity contribution < 1.29 is 14.6 Å². The highest BCUT2D eigenvalue weighted by atomic mass is 16.5. The third-order valence-corrected chi connectivity index (χ3v) is 4.10. The summed E-state index contributed by atoms with van der Waals surface area (Å²) >= 11 is 0. The predicted molar refractivity (Wildman–Crippen MR) is 94.5 cm³/mol. The maximum atomic E-state index is 8.88. The number of aliphatic hydroxyl groups excluding tert-OH is 1. The maximum Gasteiger partial charge on any atom is 0.158 e. The van der Waals surface area contributed by atoms with E-state index in [1.807, 2.05) is 38.1 Å². The van der Waals surface area contributed by atoms with Crippen LogP contribution in [0.3, 0.4) is 0 Å². The van der Waals surface area contributed by atoms with Crippen LogP contribution in [0.15, 0.2) is 30.3 Å². The molecule has 0 spiro atoms. The first kappa shape index (κ1) is 17.8. The second-order valence-electron chi connectivity index (χ2n) is 6.32. The first-order chi connectivity index (χ1) is 12.1. The van der Waals surface area contributed by atoms with Crippen molar-refractivity contribution in [3.05, 3.63) is 53.1 Å². The van der Waals surface area contributed by atoms with Crippen LogP contribution < -0.4 is 4.74 Å². The minimum absolute atomic E-state index is 0.0191. The molecule has 1 aromatic carbocycles. The molecule has 0 aliphatic carbocycles. The number of aliphatic hydroxyl groups is 1. The Morgan fingerprint density at radius 2 is 2.04 bits per heavy atom. The standard InChI is InChI=1S/C19H25N3O3/c1-14-10-15(2)21-19(20-14)18-13-22(6-8-25-18)12-16-4-3-5-17(11-16)24-9-7-23/h3-5,10-11,18,23H,6-9,12-13H2,1-2H3. The number of nitrogens with zero attached hydrogens (tertiary/aromatic N) is 3. The number of hydrogen-bond acceptors (Lipinski definition) is 6. The van der Waals surface area contributed by atoms with Crippen LogP contribution in [0.1, 0.15) is 28.9 Å². The van der Waals surface area contributed by atoms with Crippen molar-refractivity contribution in [2.24, 2.45) is 0 Å². The van der Waals surface area contributed by atoms with E-state index in [1.54, 1.807) is 0 Å². The van der Waals surface area contributed by atoms with Crippen molar-refractivity contribution in [2.45, 2.75) is 26.5 Å². The molecule has 1 N–H and O–H groups in total. The Morgan fingerprint density at radius 1 is 1.24 bits per heavy atom. The van der Waals surface area contributed by atoms with Crippen molar-refractivity contribution in [3.8, 4) is 5.75 Å². The molecule has 1 aromatic heterocycles. The van der Waals surface area contributed by atoms with Gasteiger partial charge in [-0.3, -0.25) is 4.90 Å². The van der Waals surface area contributed by atoms with Gasteiger partial charge >= 0.3 is 0 Å². The zero-order valence-electron chi connectivity index (χ0n) is 14.8. The van der Waals surface area contributed by atoms with E-state index in [-0.39, 0.29) is 12.7 Å². The van der Waals surface area contributed by atoms with Gasteiger partial charge in [0.15, 0.2) is 5.82 Å². The molecular formula is C19H25N3O3. The molecule has 2 aromatic rings. The molecule has 3 rings (SSSR count). The summed E-state index contributed by atoms with van der Waals surface area (Å²) in [6.45, 7) is 7.43. The summed E-state index contributed by atoms with van der Waals surface area (Å²) in [7, 11) is 0.